The molecule has 16 heavy (non-hydrogen) atoms. The fraction of sp³-hybridized carbons (Fsp3) is 0.455. The van der Waals surface area contributed by atoms with Gasteiger partial charge in [0, 0.05) is 18.7 Å². The van der Waals surface area contributed by atoms with Gasteiger partial charge >= 0.3 is 6.18 Å². The molecule has 0 aromatic heterocycles. The molecule has 0 heterocycles. The average molecular weight is 235 g/mol. The molecule has 0 bridgehead atoms. The Bertz CT molecular complexity index is 346. The fourth-order valence-corrected chi connectivity index (χ4v) is 1.22. The second-order valence-corrected chi connectivity index (χ2v) is 3.61. The lowest BCUT2D eigenvalue weighted by Crippen LogP contribution is -2.11. The first-order valence-corrected chi connectivity index (χ1v) is 4.95. The molecule has 1 rings (SSSR count). The molecule has 0 saturated heterocycles. The van der Waals surface area contributed by atoms with E-state index in [0.29, 0.717) is 11.3 Å². The third-order valence-electron chi connectivity index (χ3n) is 2.14. The van der Waals surface area contributed by atoms with E-state index >= 15 is 0 Å². The Morgan fingerprint density at radius 3 is 2.50 bits per heavy atom. The van der Waals surface area contributed by atoms with Crippen molar-refractivity contribution in [1.82, 2.24) is 0 Å². The van der Waals surface area contributed by atoms with Crippen LogP contribution in [0.5, 0.6) is 0 Å². The molecule has 0 radical (unpaired) electrons. The van der Waals surface area contributed by atoms with E-state index in [1.165, 1.54) is 6.07 Å². The van der Waals surface area contributed by atoms with Crippen LogP contribution in [0.4, 0.5) is 23.2 Å². The van der Waals surface area contributed by atoms with Gasteiger partial charge in [-0.2, -0.15) is 13.2 Å². The summed E-state index contributed by atoms with van der Waals surface area (Å²) < 4.78 is 48.5. The van der Waals surface area contributed by atoms with Crippen LogP contribution < -0.4 is 5.32 Å². The van der Waals surface area contributed by atoms with Crippen LogP contribution in [0, 0.1) is 12.7 Å². The van der Waals surface area contributed by atoms with Crippen molar-refractivity contribution in [1.29, 1.82) is 0 Å². The second-order valence-electron chi connectivity index (χ2n) is 3.61. The maximum atomic E-state index is 13.1. The zero-order chi connectivity index (χ0) is 12.2. The van der Waals surface area contributed by atoms with Gasteiger partial charge in [0.1, 0.15) is 5.82 Å². The number of hydrogen-bond donors (Lipinski definition) is 1. The average Bonchev–Trinajstić information content (AvgIpc) is 2.17. The van der Waals surface area contributed by atoms with Gasteiger partial charge in [-0.3, -0.25) is 0 Å². The molecule has 0 atom stereocenters. The molecule has 1 aromatic carbocycles. The van der Waals surface area contributed by atoms with Crippen molar-refractivity contribution in [2.45, 2.75) is 25.9 Å². The summed E-state index contributed by atoms with van der Waals surface area (Å²) in [6.45, 7) is 1.81. The van der Waals surface area contributed by atoms with Crippen LogP contribution in [-0.2, 0) is 0 Å². The molecule has 0 amide bonds. The minimum Gasteiger partial charge on any atom is -0.385 e. The van der Waals surface area contributed by atoms with Gasteiger partial charge in [0.25, 0.3) is 0 Å². The molecule has 0 aliphatic carbocycles. The lowest BCUT2D eigenvalue weighted by Gasteiger charge is -2.09. The van der Waals surface area contributed by atoms with Gasteiger partial charge in [0.15, 0.2) is 0 Å². The van der Waals surface area contributed by atoms with Crippen molar-refractivity contribution in [3.63, 3.8) is 0 Å². The molecular weight excluding hydrogens is 222 g/mol. The normalized spacial score (nSPS) is 11.6. The highest BCUT2D eigenvalue weighted by Crippen LogP contribution is 2.21. The van der Waals surface area contributed by atoms with Crippen molar-refractivity contribution >= 4 is 5.69 Å². The van der Waals surface area contributed by atoms with E-state index in [2.05, 4.69) is 5.32 Å². The fourth-order valence-electron chi connectivity index (χ4n) is 1.22. The molecule has 0 spiro atoms. The predicted molar refractivity (Wildman–Crippen MR) is 54.9 cm³/mol. The highest BCUT2D eigenvalue weighted by atomic mass is 19.4. The summed E-state index contributed by atoms with van der Waals surface area (Å²) in [5.41, 5.74) is 1.02. The standard InChI is InChI=1S/C11H13F4N/c1-8-3-4-9(7-10(8)12)16-6-2-5-11(13,14)15/h3-4,7,16H,2,5-6H2,1H3. The summed E-state index contributed by atoms with van der Waals surface area (Å²) >= 11 is 0. The quantitative estimate of drug-likeness (QED) is 0.616. The lowest BCUT2D eigenvalue weighted by atomic mass is 10.2. The summed E-state index contributed by atoms with van der Waals surface area (Å²) in [6, 6.07) is 4.51. The minimum absolute atomic E-state index is 0.0149. The summed E-state index contributed by atoms with van der Waals surface area (Å²) in [7, 11) is 0. The van der Waals surface area contributed by atoms with Crippen molar-refractivity contribution in [2.24, 2.45) is 0 Å². The first kappa shape index (κ1) is 12.8. The van der Waals surface area contributed by atoms with Crippen LogP contribution in [-0.4, -0.2) is 12.7 Å². The van der Waals surface area contributed by atoms with Gasteiger partial charge in [-0.1, -0.05) is 6.07 Å². The van der Waals surface area contributed by atoms with E-state index < -0.39 is 12.6 Å². The van der Waals surface area contributed by atoms with Crippen molar-refractivity contribution in [3.05, 3.63) is 29.6 Å². The monoisotopic (exact) mass is 235 g/mol. The Balaban J connectivity index is 2.35. The van der Waals surface area contributed by atoms with Gasteiger partial charge in [0.2, 0.25) is 0 Å². The van der Waals surface area contributed by atoms with Gasteiger partial charge in [0.05, 0.1) is 0 Å². The first-order valence-electron chi connectivity index (χ1n) is 4.95. The largest absolute Gasteiger partial charge is 0.389 e. The number of aryl methyl sites for hydroxylation is 1. The summed E-state index contributed by atoms with van der Waals surface area (Å²) in [4.78, 5) is 0. The molecule has 1 N–H and O–H groups in total. The maximum Gasteiger partial charge on any atom is 0.389 e. The van der Waals surface area contributed by atoms with Gasteiger partial charge in [-0.15, -0.1) is 0 Å². The molecule has 5 heteroatoms. The van der Waals surface area contributed by atoms with Crippen molar-refractivity contribution in [2.75, 3.05) is 11.9 Å². The van der Waals surface area contributed by atoms with Gasteiger partial charge < -0.3 is 5.32 Å². The summed E-state index contributed by atoms with van der Waals surface area (Å²) in [6.07, 6.45) is -4.96. The number of halogens is 4. The number of benzene rings is 1. The molecule has 90 valence electrons. The van der Waals surface area contributed by atoms with Crippen LogP contribution in [0.2, 0.25) is 0 Å². The summed E-state index contributed by atoms with van der Waals surface area (Å²) in [5.74, 6) is -0.360. The highest BCUT2D eigenvalue weighted by Gasteiger charge is 2.25. The molecule has 0 aliphatic rings. The number of rotatable bonds is 4. The third kappa shape index (κ3) is 4.51. The Morgan fingerprint density at radius 2 is 1.94 bits per heavy atom. The third-order valence-corrected chi connectivity index (χ3v) is 2.14. The Labute approximate surface area is 91.5 Å². The first-order chi connectivity index (χ1) is 7.38. The summed E-state index contributed by atoms with van der Waals surface area (Å²) in [5, 5.41) is 2.75. The number of nitrogens with one attached hydrogen (secondary N) is 1. The predicted octanol–water partition coefficient (Wildman–Crippen LogP) is 3.89. The number of anilines is 1. The Hall–Kier alpha value is -1.26. The van der Waals surface area contributed by atoms with Crippen LogP contribution in [0.1, 0.15) is 18.4 Å². The van der Waals surface area contributed by atoms with Gasteiger partial charge in [-0.25, -0.2) is 4.39 Å². The molecule has 0 saturated carbocycles. The zero-order valence-corrected chi connectivity index (χ0v) is 8.87. The number of alkyl halides is 3. The Kier molecular flexibility index (Phi) is 4.15. The second kappa shape index (κ2) is 5.18. The van der Waals surface area contributed by atoms with E-state index in [-0.39, 0.29) is 18.8 Å². The smallest absolute Gasteiger partial charge is 0.385 e. The van der Waals surface area contributed by atoms with Crippen LogP contribution in [0.25, 0.3) is 0 Å². The van der Waals surface area contributed by atoms with Crippen molar-refractivity contribution in [3.8, 4) is 0 Å². The highest BCUT2D eigenvalue weighted by molar-refractivity contribution is 5.44. The Morgan fingerprint density at radius 1 is 1.25 bits per heavy atom. The van der Waals surface area contributed by atoms with E-state index in [4.69, 9.17) is 0 Å². The topological polar surface area (TPSA) is 12.0 Å². The lowest BCUT2D eigenvalue weighted by molar-refractivity contribution is -0.134. The van der Waals surface area contributed by atoms with Crippen molar-refractivity contribution < 1.29 is 17.6 Å². The molecular formula is C11H13F4N. The van der Waals surface area contributed by atoms with E-state index in [0.717, 1.165) is 0 Å². The SMILES string of the molecule is Cc1ccc(NCCCC(F)(F)F)cc1F. The van der Waals surface area contributed by atoms with Crippen LogP contribution >= 0.6 is 0 Å². The van der Waals surface area contributed by atoms with E-state index in [1.807, 2.05) is 0 Å². The van der Waals surface area contributed by atoms with Crippen LogP contribution in [0.3, 0.4) is 0 Å². The molecule has 1 aromatic rings. The van der Waals surface area contributed by atoms with E-state index in [9.17, 15) is 17.6 Å². The minimum atomic E-state index is -4.12. The van der Waals surface area contributed by atoms with E-state index in [1.54, 1.807) is 19.1 Å². The van der Waals surface area contributed by atoms with Crippen LogP contribution in [0.15, 0.2) is 18.2 Å². The molecule has 0 aliphatic heterocycles. The molecule has 0 fully saturated rings. The molecule has 0 unspecified atom stereocenters. The molecule has 1 nitrogen and oxygen atoms in total. The number of hydrogen-bond acceptors (Lipinski definition) is 1. The maximum absolute atomic E-state index is 13.1. The zero-order valence-electron chi connectivity index (χ0n) is 8.87. The van der Waals surface area contributed by atoms with Gasteiger partial charge in [-0.05, 0) is 31.0 Å².